The molecule has 0 spiro atoms. The number of carbonyl (C=O) groups is 1. The van der Waals surface area contributed by atoms with Gasteiger partial charge < -0.3 is 9.52 Å². The van der Waals surface area contributed by atoms with E-state index >= 15 is 0 Å². The topological polar surface area (TPSA) is 67.5 Å². The molecule has 2 aliphatic carbocycles. The molecule has 2 aliphatic rings. The second-order valence-corrected chi connectivity index (χ2v) is 3.96. The van der Waals surface area contributed by atoms with Crippen LogP contribution in [0.5, 0.6) is 0 Å². The Kier molecular flexibility index (Phi) is 1.92. The van der Waals surface area contributed by atoms with Gasteiger partial charge in [0.05, 0.1) is 5.56 Å². The summed E-state index contributed by atoms with van der Waals surface area (Å²) in [6, 6.07) is 1.01. The van der Waals surface area contributed by atoms with Crippen molar-refractivity contribution < 1.29 is 14.3 Å². The second-order valence-electron chi connectivity index (χ2n) is 3.96. The Labute approximate surface area is 96.2 Å². The summed E-state index contributed by atoms with van der Waals surface area (Å²) < 4.78 is 5.18. The molecule has 0 aliphatic heterocycles. The minimum Gasteiger partial charge on any atom is -0.475 e. The van der Waals surface area contributed by atoms with Crippen LogP contribution >= 0.6 is 0 Å². The summed E-state index contributed by atoms with van der Waals surface area (Å²) in [5.41, 5.74) is 2.40. The van der Waals surface area contributed by atoms with Crippen molar-refractivity contribution in [3.8, 4) is 0 Å². The van der Waals surface area contributed by atoms with Gasteiger partial charge in [-0.3, -0.25) is 4.79 Å². The fourth-order valence-electron chi connectivity index (χ4n) is 1.79. The molecule has 0 radical (unpaired) electrons. The molecule has 3 rings (SSSR count). The molecule has 1 N–H and O–H groups in total. The van der Waals surface area contributed by atoms with Crippen LogP contribution in [0.15, 0.2) is 38.6 Å². The van der Waals surface area contributed by atoms with Gasteiger partial charge in [-0.25, -0.2) is 4.79 Å². The van der Waals surface area contributed by atoms with E-state index in [0.29, 0.717) is 11.3 Å². The van der Waals surface area contributed by atoms with Gasteiger partial charge in [0.2, 0.25) is 5.76 Å². The minimum absolute atomic E-state index is 0.296. The first-order chi connectivity index (χ1) is 8.15. The smallest absolute Gasteiger partial charge is 0.371 e. The molecule has 1 aromatic rings. The summed E-state index contributed by atoms with van der Waals surface area (Å²) in [5.74, 6) is -1.28. The molecule has 0 saturated heterocycles. The van der Waals surface area contributed by atoms with Crippen molar-refractivity contribution in [2.24, 2.45) is 0 Å². The van der Waals surface area contributed by atoms with Gasteiger partial charge in [-0.2, -0.15) is 0 Å². The minimum atomic E-state index is -1.24. The highest BCUT2D eigenvalue weighted by Gasteiger charge is 2.23. The SMILES string of the molecule is O=C(O)c1cc(=O)c2c(o1)C=CC=C1CC1=C2. The van der Waals surface area contributed by atoms with Gasteiger partial charge in [0.15, 0.2) is 5.43 Å². The Morgan fingerprint density at radius 2 is 2.18 bits per heavy atom. The van der Waals surface area contributed by atoms with Crippen molar-refractivity contribution in [2.45, 2.75) is 6.42 Å². The van der Waals surface area contributed by atoms with Crippen LogP contribution in [0.1, 0.15) is 28.3 Å². The third-order valence-corrected chi connectivity index (χ3v) is 2.76. The Morgan fingerprint density at radius 1 is 1.35 bits per heavy atom. The predicted octanol–water partition coefficient (Wildman–Crippen LogP) is 2.08. The molecule has 4 nitrogen and oxygen atoms in total. The lowest BCUT2D eigenvalue weighted by molar-refractivity contribution is 0.0659. The highest BCUT2D eigenvalue weighted by atomic mass is 16.4. The molecule has 0 bridgehead atoms. The molecule has 4 heteroatoms. The molecule has 84 valence electrons. The Hall–Kier alpha value is -2.36. The van der Waals surface area contributed by atoms with Crippen LogP contribution in [-0.2, 0) is 0 Å². The largest absolute Gasteiger partial charge is 0.475 e. The molecule has 1 aromatic heterocycles. The fraction of sp³-hybridized carbons (Fsp3) is 0.0769. The molecule has 1 heterocycles. The lowest BCUT2D eigenvalue weighted by atomic mass is 10.1. The van der Waals surface area contributed by atoms with Crippen molar-refractivity contribution >= 4 is 18.1 Å². The lowest BCUT2D eigenvalue weighted by Gasteiger charge is -2.02. The van der Waals surface area contributed by atoms with Gasteiger partial charge in [-0.05, 0) is 29.7 Å². The number of hydrogen-bond acceptors (Lipinski definition) is 3. The summed E-state index contributed by atoms with van der Waals surface area (Å²) in [6.45, 7) is 0. The van der Waals surface area contributed by atoms with Crippen LogP contribution in [0, 0.1) is 0 Å². The maximum Gasteiger partial charge on any atom is 0.371 e. The number of allylic oxidation sites excluding steroid dienone is 4. The standard InChI is InChI=1S/C13H8O4/c14-10-6-12(13(15)16)17-11-3-1-2-7-4-8(7)5-9(10)11/h1-3,5-6H,4H2,(H,15,16). The average Bonchev–Trinajstić information content (AvgIpc) is 2.96. The van der Waals surface area contributed by atoms with Crippen LogP contribution in [0.4, 0.5) is 0 Å². The van der Waals surface area contributed by atoms with Crippen LogP contribution in [-0.4, -0.2) is 11.1 Å². The van der Waals surface area contributed by atoms with E-state index in [1.807, 2.05) is 6.08 Å². The monoisotopic (exact) mass is 228 g/mol. The Bertz CT molecular complexity index is 671. The average molecular weight is 228 g/mol. The highest BCUT2D eigenvalue weighted by Crippen LogP contribution is 2.39. The van der Waals surface area contributed by atoms with E-state index in [-0.39, 0.29) is 11.2 Å². The highest BCUT2D eigenvalue weighted by molar-refractivity contribution is 5.85. The van der Waals surface area contributed by atoms with Crippen LogP contribution < -0.4 is 5.43 Å². The van der Waals surface area contributed by atoms with Crippen LogP contribution in [0.2, 0.25) is 0 Å². The number of rotatable bonds is 1. The number of carboxylic acids is 1. The van der Waals surface area contributed by atoms with Gasteiger partial charge in [-0.1, -0.05) is 12.2 Å². The summed E-state index contributed by atoms with van der Waals surface area (Å²) in [6.07, 6.45) is 7.96. The van der Waals surface area contributed by atoms with E-state index in [9.17, 15) is 9.59 Å². The third kappa shape index (κ3) is 1.63. The molecular formula is C13H8O4. The molecule has 1 fully saturated rings. The third-order valence-electron chi connectivity index (χ3n) is 2.76. The molecule has 0 unspecified atom stereocenters. The van der Waals surface area contributed by atoms with Crippen molar-refractivity contribution in [3.05, 3.63) is 56.7 Å². The first-order valence-electron chi connectivity index (χ1n) is 5.15. The zero-order valence-electron chi connectivity index (χ0n) is 8.77. The van der Waals surface area contributed by atoms with E-state index < -0.39 is 5.97 Å². The Balaban J connectivity index is 2.26. The van der Waals surface area contributed by atoms with Gasteiger partial charge in [0, 0.05) is 6.07 Å². The van der Waals surface area contributed by atoms with Crippen LogP contribution in [0.3, 0.4) is 0 Å². The molecule has 17 heavy (non-hydrogen) atoms. The summed E-state index contributed by atoms with van der Waals surface area (Å²) in [4.78, 5) is 22.6. The van der Waals surface area contributed by atoms with Gasteiger partial charge >= 0.3 is 5.97 Å². The van der Waals surface area contributed by atoms with E-state index in [1.54, 1.807) is 18.2 Å². The molecule has 0 aromatic carbocycles. The van der Waals surface area contributed by atoms with Crippen molar-refractivity contribution in [3.63, 3.8) is 0 Å². The predicted molar refractivity (Wildman–Crippen MR) is 61.6 cm³/mol. The quantitative estimate of drug-likeness (QED) is 0.799. The molecular weight excluding hydrogens is 220 g/mol. The van der Waals surface area contributed by atoms with E-state index in [1.165, 1.54) is 5.57 Å². The number of hydrogen-bond donors (Lipinski definition) is 1. The second kappa shape index (κ2) is 3.31. The number of fused-ring (bicyclic) bond motifs is 2. The van der Waals surface area contributed by atoms with Crippen molar-refractivity contribution in [1.82, 2.24) is 0 Å². The lowest BCUT2D eigenvalue weighted by Crippen LogP contribution is -2.10. The van der Waals surface area contributed by atoms with Crippen LogP contribution in [0.25, 0.3) is 12.2 Å². The van der Waals surface area contributed by atoms with E-state index in [2.05, 4.69) is 0 Å². The van der Waals surface area contributed by atoms with Crippen molar-refractivity contribution in [2.75, 3.05) is 0 Å². The van der Waals surface area contributed by atoms with Gasteiger partial charge in [0.1, 0.15) is 5.76 Å². The zero-order valence-corrected chi connectivity index (χ0v) is 8.77. The molecule has 1 saturated carbocycles. The van der Waals surface area contributed by atoms with Crippen molar-refractivity contribution in [1.29, 1.82) is 0 Å². The maximum atomic E-state index is 11.8. The summed E-state index contributed by atoms with van der Waals surface area (Å²) >= 11 is 0. The van der Waals surface area contributed by atoms with Gasteiger partial charge in [-0.15, -0.1) is 0 Å². The fourth-order valence-corrected chi connectivity index (χ4v) is 1.79. The molecule has 0 atom stereocenters. The Morgan fingerprint density at radius 3 is 2.94 bits per heavy atom. The summed E-state index contributed by atoms with van der Waals surface area (Å²) in [7, 11) is 0. The summed E-state index contributed by atoms with van der Waals surface area (Å²) in [5, 5.41) is 8.81. The van der Waals surface area contributed by atoms with Gasteiger partial charge in [0.25, 0.3) is 0 Å². The van der Waals surface area contributed by atoms with E-state index in [0.717, 1.165) is 18.1 Å². The maximum absolute atomic E-state index is 11.8. The zero-order chi connectivity index (χ0) is 12.0. The molecule has 0 amide bonds. The first-order valence-corrected chi connectivity index (χ1v) is 5.15. The first kappa shape index (κ1) is 9.84. The van der Waals surface area contributed by atoms with E-state index in [4.69, 9.17) is 9.52 Å². The number of carboxylic acid groups (broad SMARTS) is 1. The number of aromatic carboxylic acids is 1. The normalized spacial score (nSPS) is 16.0.